The first-order chi connectivity index (χ1) is 12.3. The Balaban J connectivity index is 2.07. The monoisotopic (exact) mass is 411 g/mol. The summed E-state index contributed by atoms with van der Waals surface area (Å²) in [5.41, 5.74) is 1.56. The maximum absolute atomic E-state index is 12.3. The predicted molar refractivity (Wildman–Crippen MR) is 107 cm³/mol. The lowest BCUT2D eigenvalue weighted by molar-refractivity contribution is -0.134. The van der Waals surface area contributed by atoms with E-state index in [-0.39, 0.29) is 17.4 Å². The number of nitrogens with zero attached hydrogens (tertiary/aromatic N) is 3. The van der Waals surface area contributed by atoms with Crippen LogP contribution in [0.15, 0.2) is 40.0 Å². The molecule has 0 saturated heterocycles. The molecule has 6 nitrogen and oxygen atoms in total. The van der Waals surface area contributed by atoms with Crippen molar-refractivity contribution < 1.29 is 14.3 Å². The summed E-state index contributed by atoms with van der Waals surface area (Å²) in [6.07, 6.45) is 0. The zero-order chi connectivity index (χ0) is 19.1. The number of ether oxygens (including phenoxy) is 1. The number of carbonyl (C=O) groups excluding carboxylic acids is 2. The van der Waals surface area contributed by atoms with Crippen molar-refractivity contribution in [2.24, 2.45) is 5.10 Å². The molecule has 1 aromatic carbocycles. The van der Waals surface area contributed by atoms with Crippen LogP contribution in [0.2, 0.25) is 5.02 Å². The molecule has 0 aromatic heterocycles. The third kappa shape index (κ3) is 3.10. The Morgan fingerprint density at radius 1 is 1.35 bits per heavy atom. The number of rotatable bonds is 4. The van der Waals surface area contributed by atoms with Crippen LogP contribution in [0.1, 0.15) is 20.8 Å². The highest BCUT2D eigenvalue weighted by molar-refractivity contribution is 8.28. The second kappa shape index (κ2) is 7.17. The van der Waals surface area contributed by atoms with Gasteiger partial charge < -0.3 is 9.64 Å². The summed E-state index contributed by atoms with van der Waals surface area (Å²) >= 11 is 8.79. The van der Waals surface area contributed by atoms with Crippen LogP contribution in [0.4, 0.5) is 5.69 Å². The van der Waals surface area contributed by atoms with E-state index in [0.29, 0.717) is 9.93 Å². The minimum Gasteiger partial charge on any atom is -0.461 e. The Kier molecular flexibility index (Phi) is 5.28. The van der Waals surface area contributed by atoms with Crippen LogP contribution in [-0.4, -0.2) is 39.7 Å². The van der Waals surface area contributed by atoms with Crippen molar-refractivity contribution in [2.45, 2.75) is 25.1 Å². The molecule has 9 heteroatoms. The first-order valence-corrected chi connectivity index (χ1v) is 9.96. The fourth-order valence-electron chi connectivity index (χ4n) is 2.69. The molecule has 1 spiro atoms. The van der Waals surface area contributed by atoms with Crippen molar-refractivity contribution in [3.63, 3.8) is 0 Å². The fraction of sp³-hybridized carbons (Fsp3) is 0.353. The standard InChI is InChI=1S/C17H18ClN3O3S2/c1-5-24-16(23)15-19-21(13-8-6-7-12(18)9-13)17(26-15)20(4)10(2)14(25-17)11(3)22/h6-9H,5H2,1-4H3. The lowest BCUT2D eigenvalue weighted by Gasteiger charge is -2.39. The second-order valence-corrected chi connectivity index (χ2v) is 8.74. The smallest absolute Gasteiger partial charge is 0.365 e. The number of benzene rings is 1. The number of hydrogen-bond acceptors (Lipinski definition) is 8. The number of hydrogen-bond donors (Lipinski definition) is 0. The minimum absolute atomic E-state index is 0.0209. The van der Waals surface area contributed by atoms with E-state index < -0.39 is 10.3 Å². The van der Waals surface area contributed by atoms with Crippen LogP contribution in [0.25, 0.3) is 0 Å². The van der Waals surface area contributed by atoms with Gasteiger partial charge in [0.1, 0.15) is 0 Å². The topological polar surface area (TPSA) is 62.2 Å². The van der Waals surface area contributed by atoms with Gasteiger partial charge in [-0.2, -0.15) is 5.10 Å². The Morgan fingerprint density at radius 2 is 2.08 bits per heavy atom. The molecular formula is C17H18ClN3O3S2. The summed E-state index contributed by atoms with van der Waals surface area (Å²) in [6, 6.07) is 7.23. The lowest BCUT2D eigenvalue weighted by Crippen LogP contribution is -2.47. The minimum atomic E-state index is -0.822. The molecule has 0 saturated carbocycles. The van der Waals surface area contributed by atoms with E-state index in [0.717, 1.165) is 11.4 Å². The van der Waals surface area contributed by atoms with E-state index in [4.69, 9.17) is 16.3 Å². The van der Waals surface area contributed by atoms with Crippen molar-refractivity contribution in [3.8, 4) is 0 Å². The number of allylic oxidation sites excluding steroid dienone is 2. The molecule has 2 aliphatic rings. The summed E-state index contributed by atoms with van der Waals surface area (Å²) in [7, 11) is 1.88. The first kappa shape index (κ1) is 19.1. The maximum atomic E-state index is 12.3. The summed E-state index contributed by atoms with van der Waals surface area (Å²) in [5, 5.41) is 7.03. The van der Waals surface area contributed by atoms with Gasteiger partial charge in [-0.15, -0.1) is 0 Å². The van der Waals surface area contributed by atoms with E-state index in [2.05, 4.69) is 5.10 Å². The van der Waals surface area contributed by atoms with Gasteiger partial charge in [-0.25, -0.2) is 9.80 Å². The normalized spacial score (nSPS) is 22.3. The number of Topliss-reactive ketones (excluding diaryl/α,β-unsaturated/α-hetero) is 1. The van der Waals surface area contributed by atoms with Crippen molar-refractivity contribution in [2.75, 3.05) is 18.7 Å². The molecule has 2 aliphatic heterocycles. The average molecular weight is 412 g/mol. The highest BCUT2D eigenvalue weighted by atomic mass is 35.5. The van der Waals surface area contributed by atoms with E-state index in [1.54, 1.807) is 24.1 Å². The second-order valence-electron chi connectivity index (χ2n) is 5.70. The molecule has 0 fully saturated rings. The van der Waals surface area contributed by atoms with E-state index >= 15 is 0 Å². The molecule has 26 heavy (non-hydrogen) atoms. The number of anilines is 1. The van der Waals surface area contributed by atoms with Gasteiger partial charge in [0.15, 0.2) is 5.78 Å². The van der Waals surface area contributed by atoms with Crippen molar-refractivity contribution in [1.29, 1.82) is 0 Å². The molecule has 2 heterocycles. The Bertz CT molecular complexity index is 842. The maximum Gasteiger partial charge on any atom is 0.365 e. The molecule has 0 radical (unpaired) electrons. The number of hydrazone groups is 1. The van der Waals surface area contributed by atoms with Crippen LogP contribution in [0.5, 0.6) is 0 Å². The fourth-order valence-corrected chi connectivity index (χ4v) is 5.75. The van der Waals surface area contributed by atoms with Crippen LogP contribution >= 0.6 is 35.1 Å². The molecule has 1 unspecified atom stereocenters. The van der Waals surface area contributed by atoms with E-state index in [9.17, 15) is 9.59 Å². The van der Waals surface area contributed by atoms with Crippen molar-refractivity contribution in [3.05, 3.63) is 39.9 Å². The van der Waals surface area contributed by atoms with Crippen LogP contribution in [0.3, 0.4) is 0 Å². The van der Waals surface area contributed by atoms with E-state index in [1.165, 1.54) is 30.4 Å². The number of halogens is 1. The molecular weight excluding hydrogens is 394 g/mol. The van der Waals surface area contributed by atoms with Gasteiger partial charge in [-0.3, -0.25) is 4.79 Å². The van der Waals surface area contributed by atoms with Gasteiger partial charge in [0.2, 0.25) is 9.37 Å². The highest BCUT2D eigenvalue weighted by Crippen LogP contribution is 2.58. The van der Waals surface area contributed by atoms with Crippen molar-refractivity contribution >= 4 is 57.6 Å². The molecule has 1 aromatic rings. The summed E-state index contributed by atoms with van der Waals surface area (Å²) < 4.78 is 4.30. The summed E-state index contributed by atoms with van der Waals surface area (Å²) in [5.74, 6) is -0.503. The van der Waals surface area contributed by atoms with Crippen LogP contribution in [0, 0.1) is 0 Å². The van der Waals surface area contributed by atoms with Gasteiger partial charge in [-0.1, -0.05) is 29.4 Å². The van der Waals surface area contributed by atoms with Gasteiger partial charge in [-0.05, 0) is 50.7 Å². The van der Waals surface area contributed by atoms with Crippen LogP contribution in [-0.2, 0) is 14.3 Å². The van der Waals surface area contributed by atoms with Crippen molar-refractivity contribution in [1.82, 2.24) is 4.90 Å². The number of ketones is 1. The van der Waals surface area contributed by atoms with Gasteiger partial charge in [0, 0.05) is 17.8 Å². The first-order valence-electron chi connectivity index (χ1n) is 7.95. The number of thioether (sulfide) groups is 2. The zero-order valence-electron chi connectivity index (χ0n) is 14.8. The quantitative estimate of drug-likeness (QED) is 0.696. The third-order valence-corrected chi connectivity index (χ3v) is 7.39. The lowest BCUT2D eigenvalue weighted by atomic mass is 10.3. The molecule has 0 amide bonds. The Morgan fingerprint density at radius 3 is 2.65 bits per heavy atom. The SMILES string of the molecule is CCOC(=O)C1=NN(c2cccc(Cl)c2)C2(S1)SC(C(C)=O)=C(C)N2C. The molecule has 0 N–H and O–H groups in total. The van der Waals surface area contributed by atoms with Gasteiger partial charge >= 0.3 is 5.97 Å². The molecule has 0 bridgehead atoms. The molecule has 138 valence electrons. The highest BCUT2D eigenvalue weighted by Gasteiger charge is 2.56. The largest absolute Gasteiger partial charge is 0.461 e. The van der Waals surface area contributed by atoms with Gasteiger partial charge in [0.05, 0.1) is 17.2 Å². The average Bonchev–Trinajstić information content (AvgIpc) is 3.10. The Labute approximate surface area is 165 Å². The number of carbonyl (C=O) groups is 2. The zero-order valence-corrected chi connectivity index (χ0v) is 17.2. The molecule has 3 rings (SSSR count). The molecule has 0 aliphatic carbocycles. The Hall–Kier alpha value is -1.64. The van der Waals surface area contributed by atoms with E-state index in [1.807, 2.05) is 31.0 Å². The third-order valence-electron chi connectivity index (χ3n) is 4.00. The molecule has 1 atom stereocenters. The van der Waals surface area contributed by atoms with Gasteiger partial charge in [0.25, 0.3) is 0 Å². The predicted octanol–water partition coefficient (Wildman–Crippen LogP) is 3.88. The summed E-state index contributed by atoms with van der Waals surface area (Å²) in [6.45, 7) is 5.44. The number of esters is 1. The summed E-state index contributed by atoms with van der Waals surface area (Å²) in [4.78, 5) is 27.0. The van der Waals surface area contributed by atoms with Crippen LogP contribution < -0.4 is 5.01 Å².